The molecule has 0 aliphatic carbocycles. The number of aryl methyl sites for hydroxylation is 1. The van der Waals surface area contributed by atoms with Gasteiger partial charge in [-0.2, -0.15) is 4.72 Å². The van der Waals surface area contributed by atoms with Crippen LogP contribution in [-0.2, 0) is 26.2 Å². The van der Waals surface area contributed by atoms with Gasteiger partial charge in [0.05, 0.1) is 11.0 Å². The van der Waals surface area contributed by atoms with Crippen LogP contribution in [0.25, 0.3) is 11.0 Å². The fourth-order valence-electron chi connectivity index (χ4n) is 2.89. The van der Waals surface area contributed by atoms with Crippen molar-refractivity contribution in [3.05, 3.63) is 75.1 Å². The van der Waals surface area contributed by atoms with Crippen LogP contribution in [-0.4, -0.2) is 31.6 Å². The summed E-state index contributed by atoms with van der Waals surface area (Å²) in [4.78, 5) is 24.3. The Hall–Kier alpha value is -2.72. The Morgan fingerprint density at radius 1 is 1.19 bits per heavy atom. The number of carbonyl (C=O) groups excluding carboxylic acids is 1. The average molecular weight is 466 g/mol. The average Bonchev–Trinajstić information content (AvgIpc) is 2.69. The van der Waals surface area contributed by atoms with Gasteiger partial charge in [-0.15, -0.1) is 0 Å². The molecule has 0 aliphatic rings. The van der Waals surface area contributed by atoms with E-state index < -0.39 is 33.8 Å². The van der Waals surface area contributed by atoms with Crippen LogP contribution in [0.4, 0.5) is 0 Å². The van der Waals surface area contributed by atoms with Gasteiger partial charge in [-0.05, 0) is 49.7 Å². The van der Waals surface area contributed by atoms with Gasteiger partial charge in [0.1, 0.15) is 18.2 Å². The topological polar surface area (TPSA) is 123 Å². The monoisotopic (exact) mass is 465 g/mol. The molecule has 0 unspecified atom stereocenters. The molecule has 1 aromatic heterocycles. The van der Waals surface area contributed by atoms with Gasteiger partial charge in [-0.3, -0.25) is 4.79 Å². The number of halogens is 1. The number of esters is 1. The third-order valence-corrected chi connectivity index (χ3v) is 6.21. The Morgan fingerprint density at radius 2 is 1.87 bits per heavy atom. The number of ether oxygens (including phenoxy) is 1. The maximum Gasteiger partial charge on any atom is 0.336 e. The highest BCUT2D eigenvalue weighted by atomic mass is 35.5. The van der Waals surface area contributed by atoms with Crippen molar-refractivity contribution in [1.29, 1.82) is 0 Å². The smallest absolute Gasteiger partial charge is 0.336 e. The molecular weight excluding hydrogens is 446 g/mol. The van der Waals surface area contributed by atoms with Crippen molar-refractivity contribution in [2.45, 2.75) is 37.5 Å². The van der Waals surface area contributed by atoms with E-state index in [-0.39, 0.29) is 11.5 Å². The Bertz CT molecular complexity index is 1270. The van der Waals surface area contributed by atoms with E-state index in [4.69, 9.17) is 20.8 Å². The number of benzene rings is 2. The Morgan fingerprint density at radius 3 is 2.52 bits per heavy atom. The quantitative estimate of drug-likeness (QED) is 0.406. The largest absolute Gasteiger partial charge is 0.460 e. The zero-order chi connectivity index (χ0) is 22.8. The maximum absolute atomic E-state index is 12.6. The first-order valence-corrected chi connectivity index (χ1v) is 11.1. The maximum atomic E-state index is 12.6. The first kappa shape index (κ1) is 23.0. The summed E-state index contributed by atoms with van der Waals surface area (Å²) < 4.78 is 37.6. The zero-order valence-corrected chi connectivity index (χ0v) is 18.2. The highest BCUT2D eigenvalue weighted by molar-refractivity contribution is 7.89. The minimum absolute atomic E-state index is 0.127. The van der Waals surface area contributed by atoms with Gasteiger partial charge in [0.15, 0.2) is 0 Å². The third-order valence-electron chi connectivity index (χ3n) is 4.50. The number of nitrogens with one attached hydrogen (secondary N) is 1. The van der Waals surface area contributed by atoms with Crippen LogP contribution in [0.5, 0.6) is 0 Å². The molecule has 10 heteroatoms. The van der Waals surface area contributed by atoms with E-state index in [1.165, 1.54) is 37.3 Å². The second kappa shape index (κ2) is 9.19. The molecule has 0 aliphatic heterocycles. The van der Waals surface area contributed by atoms with E-state index in [0.29, 0.717) is 21.6 Å². The van der Waals surface area contributed by atoms with Gasteiger partial charge >= 0.3 is 11.6 Å². The molecule has 0 fully saturated rings. The molecule has 2 atom stereocenters. The zero-order valence-electron chi connectivity index (χ0n) is 16.7. The molecule has 2 aromatic carbocycles. The lowest BCUT2D eigenvalue weighted by Crippen LogP contribution is -2.48. The second-order valence-electron chi connectivity index (χ2n) is 6.99. The van der Waals surface area contributed by atoms with Crippen LogP contribution in [0.15, 0.2) is 62.6 Å². The normalized spacial score (nSPS) is 13.7. The minimum Gasteiger partial charge on any atom is -0.460 e. The number of aliphatic hydroxyl groups excluding tert-OH is 1. The summed E-state index contributed by atoms with van der Waals surface area (Å²) in [6, 6.07) is 10.2. The van der Waals surface area contributed by atoms with Crippen LogP contribution < -0.4 is 10.3 Å². The molecule has 0 saturated heterocycles. The number of fused-ring (bicyclic) bond motifs is 1. The van der Waals surface area contributed by atoms with Crippen molar-refractivity contribution in [2.75, 3.05) is 0 Å². The molecule has 0 amide bonds. The number of sulfonamides is 1. The number of hydrogen-bond acceptors (Lipinski definition) is 7. The van der Waals surface area contributed by atoms with Crippen molar-refractivity contribution in [2.24, 2.45) is 0 Å². The van der Waals surface area contributed by atoms with Crippen molar-refractivity contribution in [1.82, 2.24) is 4.72 Å². The standard InChI is InChI=1S/C21H20ClNO7S/c1-12-3-8-17-14(10-19(25)30-18(17)9-12)11-29-21(26)20(13(2)24)23-31(27,28)16-6-4-15(22)5-7-16/h3-10,13,20,23-24H,11H2,1-2H3/t13-,20+/m0/s1. The third kappa shape index (κ3) is 5.50. The summed E-state index contributed by atoms with van der Waals surface area (Å²) in [5.41, 5.74) is 1.01. The van der Waals surface area contributed by atoms with E-state index >= 15 is 0 Å². The van der Waals surface area contributed by atoms with Crippen molar-refractivity contribution < 1.29 is 27.5 Å². The fraction of sp³-hybridized carbons (Fsp3) is 0.238. The summed E-state index contributed by atoms with van der Waals surface area (Å²) in [7, 11) is -4.13. The highest BCUT2D eigenvalue weighted by Gasteiger charge is 2.31. The van der Waals surface area contributed by atoms with Gasteiger partial charge < -0.3 is 14.3 Å². The van der Waals surface area contributed by atoms with E-state index in [1.807, 2.05) is 13.0 Å². The lowest BCUT2D eigenvalue weighted by Gasteiger charge is -2.20. The molecular formula is C21H20ClNO7S. The first-order chi connectivity index (χ1) is 14.6. The number of carbonyl (C=O) groups is 1. The predicted octanol–water partition coefficient (Wildman–Crippen LogP) is 2.53. The minimum atomic E-state index is -4.13. The first-order valence-electron chi connectivity index (χ1n) is 9.23. The predicted molar refractivity (Wildman–Crippen MR) is 114 cm³/mol. The van der Waals surface area contributed by atoms with E-state index in [2.05, 4.69) is 4.72 Å². The van der Waals surface area contributed by atoms with Gasteiger partial charge in [-0.25, -0.2) is 13.2 Å². The van der Waals surface area contributed by atoms with Crippen molar-refractivity contribution >= 4 is 38.6 Å². The summed E-state index contributed by atoms with van der Waals surface area (Å²) >= 11 is 5.77. The van der Waals surface area contributed by atoms with Crippen LogP contribution in [0.2, 0.25) is 5.02 Å². The molecule has 0 spiro atoms. The van der Waals surface area contributed by atoms with Crippen LogP contribution in [0.1, 0.15) is 18.1 Å². The fourth-order valence-corrected chi connectivity index (χ4v) is 4.27. The molecule has 0 bridgehead atoms. The Kier molecular flexibility index (Phi) is 6.80. The molecule has 31 heavy (non-hydrogen) atoms. The van der Waals surface area contributed by atoms with Gasteiger partial charge in [0, 0.05) is 22.0 Å². The molecule has 0 saturated carbocycles. The number of aliphatic hydroxyl groups is 1. The molecule has 3 rings (SSSR count). The molecule has 8 nitrogen and oxygen atoms in total. The van der Waals surface area contributed by atoms with Crippen molar-refractivity contribution in [3.8, 4) is 0 Å². The van der Waals surface area contributed by atoms with Crippen LogP contribution in [0.3, 0.4) is 0 Å². The number of rotatable bonds is 7. The SMILES string of the molecule is Cc1ccc2c(COC(=O)[C@H](NS(=O)(=O)c3ccc(Cl)cc3)[C@H](C)O)cc(=O)oc2c1. The molecule has 3 aromatic rings. The summed E-state index contributed by atoms with van der Waals surface area (Å²) in [6.07, 6.45) is -1.38. The van der Waals surface area contributed by atoms with Gasteiger partial charge in [0.25, 0.3) is 0 Å². The Balaban J connectivity index is 1.80. The van der Waals surface area contributed by atoms with Crippen LogP contribution >= 0.6 is 11.6 Å². The van der Waals surface area contributed by atoms with E-state index in [1.54, 1.807) is 12.1 Å². The van der Waals surface area contributed by atoms with Gasteiger partial charge in [0.2, 0.25) is 10.0 Å². The molecule has 2 N–H and O–H groups in total. The summed E-state index contributed by atoms with van der Waals surface area (Å²) in [5, 5.41) is 10.9. The van der Waals surface area contributed by atoms with E-state index in [0.717, 1.165) is 5.56 Å². The summed E-state index contributed by atoms with van der Waals surface area (Å²) in [5.74, 6) is -0.999. The molecule has 1 heterocycles. The lowest BCUT2D eigenvalue weighted by atomic mass is 10.1. The lowest BCUT2D eigenvalue weighted by molar-refractivity contribution is -0.149. The molecule has 164 valence electrons. The van der Waals surface area contributed by atoms with Crippen molar-refractivity contribution in [3.63, 3.8) is 0 Å². The van der Waals surface area contributed by atoms with Crippen LogP contribution in [0, 0.1) is 6.92 Å². The number of hydrogen-bond donors (Lipinski definition) is 2. The Labute approximate surface area is 183 Å². The molecule has 0 radical (unpaired) electrons. The van der Waals surface area contributed by atoms with Gasteiger partial charge in [-0.1, -0.05) is 23.7 Å². The van der Waals surface area contributed by atoms with E-state index in [9.17, 15) is 23.1 Å². The summed E-state index contributed by atoms with van der Waals surface area (Å²) in [6.45, 7) is 2.79. The second-order valence-corrected chi connectivity index (χ2v) is 9.14. The highest BCUT2D eigenvalue weighted by Crippen LogP contribution is 2.20.